The molecule has 4 heteroatoms. The minimum atomic E-state index is -0.779. The van der Waals surface area contributed by atoms with E-state index in [1.165, 1.54) is 0 Å². The molecule has 0 unspecified atom stereocenters. The SMILES string of the molecule is CCc1cc(Br)cc(C2(C(=O)O)CCCC2)c1OC. The van der Waals surface area contributed by atoms with E-state index in [1.54, 1.807) is 7.11 Å². The maximum atomic E-state index is 11.8. The Bertz CT molecular complexity index is 490. The summed E-state index contributed by atoms with van der Waals surface area (Å²) in [4.78, 5) is 11.8. The summed E-state index contributed by atoms with van der Waals surface area (Å²) in [5, 5.41) is 9.72. The number of carboxylic acids is 1. The van der Waals surface area contributed by atoms with Crippen molar-refractivity contribution in [1.82, 2.24) is 0 Å². The van der Waals surface area contributed by atoms with Crippen LogP contribution >= 0.6 is 15.9 Å². The smallest absolute Gasteiger partial charge is 0.314 e. The van der Waals surface area contributed by atoms with Crippen molar-refractivity contribution < 1.29 is 14.6 Å². The van der Waals surface area contributed by atoms with E-state index < -0.39 is 11.4 Å². The van der Waals surface area contributed by atoms with E-state index in [1.807, 2.05) is 12.1 Å². The van der Waals surface area contributed by atoms with Gasteiger partial charge in [-0.15, -0.1) is 0 Å². The summed E-state index contributed by atoms with van der Waals surface area (Å²) < 4.78 is 6.45. The first-order valence-corrected chi connectivity index (χ1v) is 7.44. The highest BCUT2D eigenvalue weighted by atomic mass is 79.9. The summed E-state index contributed by atoms with van der Waals surface area (Å²) in [5.41, 5.74) is 1.10. The number of halogens is 1. The van der Waals surface area contributed by atoms with E-state index in [2.05, 4.69) is 22.9 Å². The van der Waals surface area contributed by atoms with Crippen molar-refractivity contribution in [2.24, 2.45) is 0 Å². The first-order chi connectivity index (χ1) is 9.05. The summed E-state index contributed by atoms with van der Waals surface area (Å²) >= 11 is 3.49. The second kappa shape index (κ2) is 5.53. The molecule has 1 fully saturated rings. The van der Waals surface area contributed by atoms with Gasteiger partial charge in [-0.05, 0) is 37.0 Å². The van der Waals surface area contributed by atoms with Crippen LogP contribution in [0.1, 0.15) is 43.7 Å². The molecule has 1 aliphatic rings. The summed E-state index contributed by atoms with van der Waals surface area (Å²) in [7, 11) is 1.62. The Labute approximate surface area is 122 Å². The second-order valence-corrected chi connectivity index (χ2v) is 6.01. The zero-order valence-electron chi connectivity index (χ0n) is 11.3. The van der Waals surface area contributed by atoms with E-state index in [4.69, 9.17) is 4.74 Å². The van der Waals surface area contributed by atoms with E-state index in [-0.39, 0.29) is 0 Å². The van der Waals surface area contributed by atoms with Gasteiger partial charge in [0.15, 0.2) is 0 Å². The molecule has 104 valence electrons. The third kappa shape index (κ3) is 2.38. The number of ether oxygens (including phenoxy) is 1. The lowest BCUT2D eigenvalue weighted by Gasteiger charge is -2.27. The molecule has 0 aliphatic heterocycles. The highest BCUT2D eigenvalue weighted by molar-refractivity contribution is 9.10. The van der Waals surface area contributed by atoms with Crippen LogP contribution < -0.4 is 4.74 Å². The van der Waals surface area contributed by atoms with Crippen LogP contribution in [0, 0.1) is 0 Å². The van der Waals surface area contributed by atoms with Crippen molar-refractivity contribution in [3.05, 3.63) is 27.7 Å². The van der Waals surface area contributed by atoms with Gasteiger partial charge in [-0.1, -0.05) is 35.7 Å². The Hall–Kier alpha value is -1.03. The number of carboxylic acid groups (broad SMARTS) is 1. The maximum absolute atomic E-state index is 11.8. The number of carbonyl (C=O) groups is 1. The van der Waals surface area contributed by atoms with Crippen molar-refractivity contribution in [3.63, 3.8) is 0 Å². The molecule has 0 amide bonds. The standard InChI is InChI=1S/C15H19BrO3/c1-3-10-8-11(16)9-12(13(10)19-2)15(14(17)18)6-4-5-7-15/h8-9H,3-7H2,1-2H3,(H,17,18). The van der Waals surface area contributed by atoms with Crippen LogP contribution in [0.15, 0.2) is 16.6 Å². The van der Waals surface area contributed by atoms with Gasteiger partial charge in [-0.2, -0.15) is 0 Å². The average molecular weight is 327 g/mol. The minimum absolute atomic E-state index is 0.693. The Morgan fingerprint density at radius 1 is 1.42 bits per heavy atom. The number of benzene rings is 1. The molecule has 1 aromatic carbocycles. The fourth-order valence-electron chi connectivity index (χ4n) is 3.09. The molecule has 0 saturated heterocycles. The highest BCUT2D eigenvalue weighted by Gasteiger charge is 2.45. The third-order valence-electron chi connectivity index (χ3n) is 4.10. The van der Waals surface area contributed by atoms with Crippen molar-refractivity contribution >= 4 is 21.9 Å². The van der Waals surface area contributed by atoms with Crippen LogP contribution in [0.5, 0.6) is 5.75 Å². The van der Waals surface area contributed by atoms with Crippen LogP contribution in [0.2, 0.25) is 0 Å². The molecule has 0 aromatic heterocycles. The van der Waals surface area contributed by atoms with Gasteiger partial charge >= 0.3 is 5.97 Å². The monoisotopic (exact) mass is 326 g/mol. The molecule has 19 heavy (non-hydrogen) atoms. The summed E-state index contributed by atoms with van der Waals surface area (Å²) in [6.07, 6.45) is 4.13. The molecular formula is C15H19BrO3. The van der Waals surface area contributed by atoms with Crippen LogP contribution in [0.25, 0.3) is 0 Å². The van der Waals surface area contributed by atoms with Gasteiger partial charge in [-0.25, -0.2) is 0 Å². The zero-order valence-corrected chi connectivity index (χ0v) is 12.9. The Kier molecular flexibility index (Phi) is 4.19. The molecule has 0 atom stereocenters. The normalized spacial score (nSPS) is 17.4. The quantitative estimate of drug-likeness (QED) is 0.912. The van der Waals surface area contributed by atoms with Crippen molar-refractivity contribution in [1.29, 1.82) is 0 Å². The third-order valence-corrected chi connectivity index (χ3v) is 4.56. The molecule has 0 bridgehead atoms. The number of hydrogen-bond acceptors (Lipinski definition) is 2. The number of hydrogen-bond donors (Lipinski definition) is 1. The molecular weight excluding hydrogens is 308 g/mol. The lowest BCUT2D eigenvalue weighted by Crippen LogP contribution is -2.33. The van der Waals surface area contributed by atoms with Gasteiger partial charge in [0.25, 0.3) is 0 Å². The van der Waals surface area contributed by atoms with Gasteiger partial charge in [0.2, 0.25) is 0 Å². The van der Waals surface area contributed by atoms with Crippen molar-refractivity contribution in [3.8, 4) is 5.75 Å². The minimum Gasteiger partial charge on any atom is -0.496 e. The van der Waals surface area contributed by atoms with Gasteiger partial charge in [-0.3, -0.25) is 4.79 Å². The number of rotatable bonds is 4. The summed E-state index contributed by atoms with van der Waals surface area (Å²) in [6, 6.07) is 3.92. The number of aryl methyl sites for hydroxylation is 1. The van der Waals surface area contributed by atoms with E-state index in [0.717, 1.165) is 40.6 Å². The lowest BCUT2D eigenvalue weighted by molar-refractivity contribution is -0.143. The number of methoxy groups -OCH3 is 1. The molecule has 2 rings (SSSR count). The summed E-state index contributed by atoms with van der Waals surface area (Å²) in [6.45, 7) is 2.05. The largest absolute Gasteiger partial charge is 0.496 e. The van der Waals surface area contributed by atoms with E-state index >= 15 is 0 Å². The van der Waals surface area contributed by atoms with E-state index in [0.29, 0.717) is 12.8 Å². The Morgan fingerprint density at radius 3 is 2.53 bits per heavy atom. The van der Waals surface area contributed by atoms with Crippen molar-refractivity contribution in [2.75, 3.05) is 7.11 Å². The molecule has 0 heterocycles. The van der Waals surface area contributed by atoms with Crippen LogP contribution in [-0.2, 0) is 16.6 Å². The Morgan fingerprint density at radius 2 is 2.05 bits per heavy atom. The fraction of sp³-hybridized carbons (Fsp3) is 0.533. The van der Waals surface area contributed by atoms with Gasteiger partial charge < -0.3 is 9.84 Å². The van der Waals surface area contributed by atoms with Crippen LogP contribution in [0.3, 0.4) is 0 Å². The topological polar surface area (TPSA) is 46.5 Å². The van der Waals surface area contributed by atoms with E-state index in [9.17, 15) is 9.90 Å². The predicted molar refractivity (Wildman–Crippen MR) is 77.9 cm³/mol. The predicted octanol–water partition coefficient (Wildman–Crippen LogP) is 3.92. The van der Waals surface area contributed by atoms with Crippen molar-refractivity contribution in [2.45, 2.75) is 44.4 Å². The second-order valence-electron chi connectivity index (χ2n) is 5.09. The molecule has 1 N–H and O–H groups in total. The fourth-order valence-corrected chi connectivity index (χ4v) is 3.59. The highest BCUT2D eigenvalue weighted by Crippen LogP contribution is 2.47. The molecule has 3 nitrogen and oxygen atoms in total. The van der Waals surface area contributed by atoms with Crippen LogP contribution in [-0.4, -0.2) is 18.2 Å². The Balaban J connectivity index is 2.65. The lowest BCUT2D eigenvalue weighted by atomic mass is 9.77. The molecule has 1 aliphatic carbocycles. The van der Waals surface area contributed by atoms with Gasteiger partial charge in [0.1, 0.15) is 5.75 Å². The molecule has 0 radical (unpaired) electrons. The summed E-state index contributed by atoms with van der Waals surface area (Å²) in [5.74, 6) is 0.0125. The first-order valence-electron chi connectivity index (χ1n) is 6.65. The molecule has 0 spiro atoms. The zero-order chi connectivity index (χ0) is 14.0. The maximum Gasteiger partial charge on any atom is 0.314 e. The molecule has 1 saturated carbocycles. The first kappa shape index (κ1) is 14.4. The van der Waals surface area contributed by atoms with Gasteiger partial charge in [0.05, 0.1) is 12.5 Å². The molecule has 1 aromatic rings. The van der Waals surface area contributed by atoms with Crippen LogP contribution in [0.4, 0.5) is 0 Å². The average Bonchev–Trinajstić information content (AvgIpc) is 2.88. The number of aliphatic carboxylic acids is 1. The van der Waals surface area contributed by atoms with Gasteiger partial charge in [0, 0.05) is 10.0 Å².